The van der Waals surface area contributed by atoms with Gasteiger partial charge in [-0.15, -0.1) is 0 Å². The molecular formula is C18H21FN2. The number of fused-ring (bicyclic) bond motifs is 1. The largest absolute Gasteiger partial charge is 0.384 e. The Morgan fingerprint density at radius 2 is 2.10 bits per heavy atom. The molecule has 2 N–H and O–H groups in total. The van der Waals surface area contributed by atoms with Crippen LogP contribution in [0.5, 0.6) is 0 Å². The summed E-state index contributed by atoms with van der Waals surface area (Å²) in [5, 5.41) is 6.78. The molecule has 1 atom stereocenters. The molecule has 1 aliphatic heterocycles. The van der Waals surface area contributed by atoms with Crippen molar-refractivity contribution >= 4 is 5.69 Å². The van der Waals surface area contributed by atoms with Gasteiger partial charge in [-0.3, -0.25) is 0 Å². The summed E-state index contributed by atoms with van der Waals surface area (Å²) < 4.78 is 13.6. The molecule has 1 heterocycles. The maximum Gasteiger partial charge on any atom is 0.127 e. The van der Waals surface area contributed by atoms with Crippen LogP contribution in [0.4, 0.5) is 10.1 Å². The maximum atomic E-state index is 13.6. The molecule has 1 unspecified atom stereocenters. The van der Waals surface area contributed by atoms with Crippen molar-refractivity contribution < 1.29 is 4.39 Å². The van der Waals surface area contributed by atoms with Crippen LogP contribution in [0.3, 0.4) is 0 Å². The predicted molar refractivity (Wildman–Crippen MR) is 85.0 cm³/mol. The Labute approximate surface area is 125 Å². The van der Waals surface area contributed by atoms with Crippen LogP contribution in [0.2, 0.25) is 0 Å². The number of nitrogens with one attached hydrogen (secondary N) is 2. The molecule has 0 aromatic heterocycles. The summed E-state index contributed by atoms with van der Waals surface area (Å²) in [5.74, 6) is -0.138. The SMILES string of the molecule is CC(Cc1ccc2c(c1)CCN2)NCc1ccccc1F. The smallest absolute Gasteiger partial charge is 0.127 e. The standard InChI is InChI=1S/C18H21FN2/c1-13(21-12-16-4-2-3-5-17(16)19)10-14-6-7-18-15(11-14)8-9-20-18/h2-7,11,13,20-21H,8-10,12H2,1H3. The van der Waals surface area contributed by atoms with Gasteiger partial charge < -0.3 is 10.6 Å². The van der Waals surface area contributed by atoms with Crippen molar-refractivity contribution in [1.29, 1.82) is 0 Å². The van der Waals surface area contributed by atoms with E-state index < -0.39 is 0 Å². The maximum absolute atomic E-state index is 13.6. The zero-order valence-electron chi connectivity index (χ0n) is 12.3. The van der Waals surface area contributed by atoms with E-state index >= 15 is 0 Å². The van der Waals surface area contributed by atoms with Gasteiger partial charge in [0.2, 0.25) is 0 Å². The molecule has 0 aliphatic carbocycles. The topological polar surface area (TPSA) is 24.1 Å². The molecule has 0 bridgehead atoms. The van der Waals surface area contributed by atoms with Gasteiger partial charge in [-0.05, 0) is 43.0 Å². The first-order valence-corrected chi connectivity index (χ1v) is 7.55. The number of rotatable bonds is 5. The lowest BCUT2D eigenvalue weighted by Crippen LogP contribution is -2.27. The summed E-state index contributed by atoms with van der Waals surface area (Å²) in [4.78, 5) is 0. The summed E-state index contributed by atoms with van der Waals surface area (Å²) in [6.07, 6.45) is 2.07. The summed E-state index contributed by atoms with van der Waals surface area (Å²) >= 11 is 0. The van der Waals surface area contributed by atoms with E-state index in [0.717, 1.165) is 24.9 Å². The van der Waals surface area contributed by atoms with E-state index in [0.29, 0.717) is 12.6 Å². The third-order valence-corrected chi connectivity index (χ3v) is 4.02. The Kier molecular flexibility index (Phi) is 4.20. The highest BCUT2D eigenvalue weighted by Gasteiger charge is 2.11. The molecule has 0 saturated heterocycles. The Morgan fingerprint density at radius 1 is 1.24 bits per heavy atom. The van der Waals surface area contributed by atoms with Gasteiger partial charge in [-0.2, -0.15) is 0 Å². The second-order valence-electron chi connectivity index (χ2n) is 5.75. The molecule has 0 saturated carbocycles. The Balaban J connectivity index is 1.57. The van der Waals surface area contributed by atoms with E-state index in [1.165, 1.54) is 22.9 Å². The van der Waals surface area contributed by atoms with Crippen molar-refractivity contribution in [3.63, 3.8) is 0 Å². The van der Waals surface area contributed by atoms with Gasteiger partial charge in [0.05, 0.1) is 0 Å². The first kappa shape index (κ1) is 14.1. The van der Waals surface area contributed by atoms with Gasteiger partial charge in [0.1, 0.15) is 5.82 Å². The molecule has 0 spiro atoms. The second-order valence-corrected chi connectivity index (χ2v) is 5.75. The van der Waals surface area contributed by atoms with Crippen molar-refractivity contribution in [2.75, 3.05) is 11.9 Å². The number of benzene rings is 2. The molecule has 1 aliphatic rings. The average molecular weight is 284 g/mol. The van der Waals surface area contributed by atoms with E-state index in [-0.39, 0.29) is 5.82 Å². The minimum atomic E-state index is -0.138. The van der Waals surface area contributed by atoms with Gasteiger partial charge in [0.15, 0.2) is 0 Å². The van der Waals surface area contributed by atoms with Crippen LogP contribution in [0.1, 0.15) is 23.6 Å². The first-order chi connectivity index (χ1) is 10.2. The molecular weight excluding hydrogens is 263 g/mol. The third kappa shape index (κ3) is 3.42. The van der Waals surface area contributed by atoms with Crippen LogP contribution in [0.15, 0.2) is 42.5 Å². The minimum absolute atomic E-state index is 0.138. The van der Waals surface area contributed by atoms with E-state index in [1.54, 1.807) is 6.07 Å². The van der Waals surface area contributed by atoms with Crippen LogP contribution < -0.4 is 10.6 Å². The second kappa shape index (κ2) is 6.27. The summed E-state index contributed by atoms with van der Waals surface area (Å²) in [5.41, 5.74) is 4.74. The highest BCUT2D eigenvalue weighted by Crippen LogP contribution is 2.23. The molecule has 3 heteroatoms. The number of halogens is 1. The monoisotopic (exact) mass is 284 g/mol. The zero-order valence-corrected chi connectivity index (χ0v) is 12.3. The molecule has 21 heavy (non-hydrogen) atoms. The fourth-order valence-corrected chi connectivity index (χ4v) is 2.84. The molecule has 3 rings (SSSR count). The van der Waals surface area contributed by atoms with Gasteiger partial charge in [-0.1, -0.05) is 30.3 Å². The quantitative estimate of drug-likeness (QED) is 0.878. The lowest BCUT2D eigenvalue weighted by Gasteiger charge is -2.15. The van der Waals surface area contributed by atoms with Crippen LogP contribution in [0, 0.1) is 5.82 Å². The Hall–Kier alpha value is -1.87. The van der Waals surface area contributed by atoms with Gasteiger partial charge >= 0.3 is 0 Å². The number of hydrogen-bond donors (Lipinski definition) is 2. The van der Waals surface area contributed by atoms with Crippen LogP contribution in [-0.4, -0.2) is 12.6 Å². The van der Waals surface area contributed by atoms with Crippen molar-refractivity contribution in [2.24, 2.45) is 0 Å². The number of anilines is 1. The highest BCUT2D eigenvalue weighted by molar-refractivity contribution is 5.56. The molecule has 2 aromatic rings. The molecule has 2 aromatic carbocycles. The van der Waals surface area contributed by atoms with E-state index in [4.69, 9.17) is 0 Å². The van der Waals surface area contributed by atoms with Gasteiger partial charge in [0, 0.05) is 30.4 Å². The molecule has 2 nitrogen and oxygen atoms in total. The predicted octanol–water partition coefficient (Wildman–Crippen LogP) is 3.51. The normalized spacial score (nSPS) is 14.6. The summed E-state index contributed by atoms with van der Waals surface area (Å²) in [6.45, 7) is 3.76. The van der Waals surface area contributed by atoms with E-state index in [1.807, 2.05) is 12.1 Å². The highest BCUT2D eigenvalue weighted by atomic mass is 19.1. The van der Waals surface area contributed by atoms with Crippen LogP contribution >= 0.6 is 0 Å². The van der Waals surface area contributed by atoms with Crippen LogP contribution in [0.25, 0.3) is 0 Å². The first-order valence-electron chi connectivity index (χ1n) is 7.55. The molecule has 110 valence electrons. The number of hydrogen-bond acceptors (Lipinski definition) is 2. The minimum Gasteiger partial charge on any atom is -0.384 e. The van der Waals surface area contributed by atoms with Crippen molar-refractivity contribution in [2.45, 2.75) is 32.4 Å². The lowest BCUT2D eigenvalue weighted by atomic mass is 10.0. The van der Waals surface area contributed by atoms with Crippen molar-refractivity contribution in [1.82, 2.24) is 5.32 Å². The average Bonchev–Trinajstić information content (AvgIpc) is 2.94. The molecule has 0 radical (unpaired) electrons. The van der Waals surface area contributed by atoms with Crippen LogP contribution in [-0.2, 0) is 19.4 Å². The van der Waals surface area contributed by atoms with Crippen molar-refractivity contribution in [3.05, 3.63) is 65.0 Å². The lowest BCUT2D eigenvalue weighted by molar-refractivity contribution is 0.525. The Bertz CT molecular complexity index is 624. The summed E-state index contributed by atoms with van der Waals surface area (Å²) in [6, 6.07) is 13.9. The molecule has 0 fully saturated rings. The molecule has 0 amide bonds. The Morgan fingerprint density at radius 3 is 2.95 bits per heavy atom. The van der Waals surface area contributed by atoms with E-state index in [9.17, 15) is 4.39 Å². The van der Waals surface area contributed by atoms with Crippen molar-refractivity contribution in [3.8, 4) is 0 Å². The van der Waals surface area contributed by atoms with Gasteiger partial charge in [0.25, 0.3) is 0 Å². The fraction of sp³-hybridized carbons (Fsp3) is 0.333. The third-order valence-electron chi connectivity index (χ3n) is 4.02. The fourth-order valence-electron chi connectivity index (χ4n) is 2.84. The zero-order chi connectivity index (χ0) is 14.7. The summed E-state index contributed by atoms with van der Waals surface area (Å²) in [7, 11) is 0. The van der Waals surface area contributed by atoms with Gasteiger partial charge in [-0.25, -0.2) is 4.39 Å². The van der Waals surface area contributed by atoms with E-state index in [2.05, 4.69) is 35.8 Å².